The van der Waals surface area contributed by atoms with Crippen LogP contribution in [0.4, 0.5) is 0 Å². The van der Waals surface area contributed by atoms with E-state index in [2.05, 4.69) is 54.0 Å². The molecule has 1 aromatic heterocycles. The van der Waals surface area contributed by atoms with Crippen LogP contribution in [0.2, 0.25) is 0 Å². The molecule has 2 rings (SSSR count). The largest absolute Gasteiger partial charge is 0.191 e. The van der Waals surface area contributed by atoms with E-state index in [9.17, 15) is 0 Å². The maximum atomic E-state index is 8.93. The lowest BCUT2D eigenvalue weighted by atomic mass is 10.0. The summed E-state index contributed by atoms with van der Waals surface area (Å²) in [4.78, 5) is 1.88. The quantitative estimate of drug-likeness (QED) is 0.749. The fraction of sp³-hybridized carbons (Fsp3) is 0.154. The number of aryl methyl sites for hydroxylation is 1. The zero-order valence-electron chi connectivity index (χ0n) is 9.04. The smallest absolute Gasteiger partial charge is 0.119 e. The molecule has 0 aliphatic rings. The minimum Gasteiger partial charge on any atom is -0.191 e. The lowest BCUT2D eigenvalue weighted by Crippen LogP contribution is -1.83. The standard InChI is InChI=1S/C13H10BrNS/c1-8-4-3-5-10(9(8)2)12-6-11(14)13(7-15)16-12/h3-6H,1-2H3. The van der Waals surface area contributed by atoms with Crippen LogP contribution in [0.5, 0.6) is 0 Å². The molecule has 3 heteroatoms. The van der Waals surface area contributed by atoms with Crippen molar-refractivity contribution in [3.63, 3.8) is 0 Å². The molecule has 0 saturated carbocycles. The SMILES string of the molecule is Cc1cccc(-c2cc(Br)c(C#N)s2)c1C. The summed E-state index contributed by atoms with van der Waals surface area (Å²) in [5, 5.41) is 8.93. The van der Waals surface area contributed by atoms with Crippen LogP contribution in [0.15, 0.2) is 28.7 Å². The van der Waals surface area contributed by atoms with Gasteiger partial charge in [0.1, 0.15) is 10.9 Å². The van der Waals surface area contributed by atoms with Gasteiger partial charge in [0.25, 0.3) is 0 Å². The molecular weight excluding hydrogens is 282 g/mol. The molecule has 0 N–H and O–H groups in total. The highest BCUT2D eigenvalue weighted by molar-refractivity contribution is 9.10. The van der Waals surface area contributed by atoms with E-state index < -0.39 is 0 Å². The average Bonchev–Trinajstić information content (AvgIpc) is 2.63. The summed E-state index contributed by atoms with van der Waals surface area (Å²) in [7, 11) is 0. The van der Waals surface area contributed by atoms with Crippen LogP contribution in [0, 0.1) is 25.2 Å². The van der Waals surface area contributed by atoms with E-state index in [4.69, 9.17) is 5.26 Å². The molecule has 0 aliphatic heterocycles. The van der Waals surface area contributed by atoms with Gasteiger partial charge in [0.2, 0.25) is 0 Å². The van der Waals surface area contributed by atoms with Gasteiger partial charge in [0, 0.05) is 9.35 Å². The maximum absolute atomic E-state index is 8.93. The fourth-order valence-corrected chi connectivity index (χ4v) is 3.24. The third-order valence-corrected chi connectivity index (χ3v) is 4.62. The molecule has 1 nitrogen and oxygen atoms in total. The number of hydrogen-bond acceptors (Lipinski definition) is 2. The predicted octanol–water partition coefficient (Wildman–Crippen LogP) is 4.67. The predicted molar refractivity (Wildman–Crippen MR) is 71.6 cm³/mol. The number of halogens is 1. The summed E-state index contributed by atoms with van der Waals surface area (Å²) >= 11 is 4.93. The van der Waals surface area contributed by atoms with Gasteiger partial charge in [-0.05, 0) is 52.5 Å². The van der Waals surface area contributed by atoms with Crippen LogP contribution in [0.1, 0.15) is 16.0 Å². The minimum absolute atomic E-state index is 0.732. The van der Waals surface area contributed by atoms with E-state index in [0.29, 0.717) is 0 Å². The summed E-state index contributed by atoms with van der Waals surface area (Å²) in [6, 6.07) is 10.5. The second kappa shape index (κ2) is 4.40. The molecule has 0 bridgehead atoms. The van der Waals surface area contributed by atoms with Gasteiger partial charge in [-0.1, -0.05) is 18.2 Å². The van der Waals surface area contributed by atoms with E-state index in [1.54, 1.807) is 0 Å². The second-order valence-electron chi connectivity index (χ2n) is 3.65. The van der Waals surface area contributed by atoms with Crippen molar-refractivity contribution in [2.75, 3.05) is 0 Å². The van der Waals surface area contributed by atoms with Crippen LogP contribution in [0.3, 0.4) is 0 Å². The van der Waals surface area contributed by atoms with Gasteiger partial charge in [-0.2, -0.15) is 5.26 Å². The Morgan fingerprint density at radius 3 is 2.69 bits per heavy atom. The number of nitriles is 1. The number of nitrogens with zero attached hydrogens (tertiary/aromatic N) is 1. The Labute approximate surface area is 107 Å². The molecule has 1 heterocycles. The molecular formula is C13H10BrNS. The molecule has 2 aromatic rings. The molecule has 16 heavy (non-hydrogen) atoms. The van der Waals surface area contributed by atoms with Gasteiger partial charge in [-0.3, -0.25) is 0 Å². The Bertz CT molecular complexity index is 578. The van der Waals surface area contributed by atoms with Gasteiger partial charge in [-0.15, -0.1) is 11.3 Å². The van der Waals surface area contributed by atoms with Crippen LogP contribution < -0.4 is 0 Å². The average molecular weight is 292 g/mol. The van der Waals surface area contributed by atoms with E-state index in [1.807, 2.05) is 6.07 Å². The molecule has 0 amide bonds. The zero-order valence-corrected chi connectivity index (χ0v) is 11.4. The maximum Gasteiger partial charge on any atom is 0.119 e. The van der Waals surface area contributed by atoms with Crippen molar-refractivity contribution in [1.82, 2.24) is 0 Å². The highest BCUT2D eigenvalue weighted by Crippen LogP contribution is 2.36. The Hall–Kier alpha value is -1.11. The number of rotatable bonds is 1. The molecule has 0 unspecified atom stereocenters. The first-order valence-corrected chi connectivity index (χ1v) is 6.50. The lowest BCUT2D eigenvalue weighted by molar-refractivity contribution is 1.35. The topological polar surface area (TPSA) is 23.8 Å². The van der Waals surface area contributed by atoms with E-state index in [0.717, 1.165) is 14.2 Å². The van der Waals surface area contributed by atoms with Crippen LogP contribution >= 0.6 is 27.3 Å². The third-order valence-electron chi connectivity index (χ3n) is 2.66. The van der Waals surface area contributed by atoms with Crippen LogP contribution in [0.25, 0.3) is 10.4 Å². The Kier molecular flexibility index (Phi) is 3.13. The molecule has 0 atom stereocenters. The molecule has 0 spiro atoms. The van der Waals surface area contributed by atoms with Crippen molar-refractivity contribution in [2.24, 2.45) is 0 Å². The molecule has 80 valence electrons. The first kappa shape index (κ1) is 11.4. The van der Waals surface area contributed by atoms with Crippen molar-refractivity contribution in [2.45, 2.75) is 13.8 Å². The van der Waals surface area contributed by atoms with Crippen molar-refractivity contribution >= 4 is 27.3 Å². The Morgan fingerprint density at radius 1 is 1.31 bits per heavy atom. The number of hydrogen-bond donors (Lipinski definition) is 0. The summed E-state index contributed by atoms with van der Waals surface area (Å²) < 4.78 is 0.885. The molecule has 1 aromatic carbocycles. The molecule has 0 fully saturated rings. The van der Waals surface area contributed by atoms with Gasteiger partial charge >= 0.3 is 0 Å². The van der Waals surface area contributed by atoms with Crippen LogP contribution in [-0.2, 0) is 0 Å². The Balaban J connectivity index is 2.60. The summed E-state index contributed by atoms with van der Waals surface area (Å²) in [5.41, 5.74) is 3.77. The van der Waals surface area contributed by atoms with Crippen LogP contribution in [-0.4, -0.2) is 0 Å². The molecule has 0 saturated heterocycles. The fourth-order valence-electron chi connectivity index (χ4n) is 1.60. The highest BCUT2D eigenvalue weighted by Gasteiger charge is 2.10. The number of thiophene rings is 1. The molecule has 0 radical (unpaired) electrons. The highest BCUT2D eigenvalue weighted by atomic mass is 79.9. The monoisotopic (exact) mass is 291 g/mol. The van der Waals surface area contributed by atoms with E-state index >= 15 is 0 Å². The number of benzene rings is 1. The minimum atomic E-state index is 0.732. The van der Waals surface area contributed by atoms with E-state index in [1.165, 1.54) is 28.0 Å². The second-order valence-corrected chi connectivity index (χ2v) is 5.55. The summed E-state index contributed by atoms with van der Waals surface area (Å²) in [6.07, 6.45) is 0. The first-order chi connectivity index (χ1) is 7.63. The third kappa shape index (κ3) is 1.91. The Morgan fingerprint density at radius 2 is 2.06 bits per heavy atom. The van der Waals surface area contributed by atoms with E-state index in [-0.39, 0.29) is 0 Å². The van der Waals surface area contributed by atoms with Gasteiger partial charge < -0.3 is 0 Å². The van der Waals surface area contributed by atoms with Crippen molar-refractivity contribution in [3.8, 4) is 16.5 Å². The summed E-state index contributed by atoms with van der Waals surface area (Å²) in [6.45, 7) is 4.22. The van der Waals surface area contributed by atoms with Crippen molar-refractivity contribution < 1.29 is 0 Å². The van der Waals surface area contributed by atoms with Crippen molar-refractivity contribution in [3.05, 3.63) is 44.7 Å². The van der Waals surface area contributed by atoms with Gasteiger partial charge in [-0.25, -0.2) is 0 Å². The zero-order chi connectivity index (χ0) is 11.7. The molecule has 0 aliphatic carbocycles. The van der Waals surface area contributed by atoms with Crippen molar-refractivity contribution in [1.29, 1.82) is 5.26 Å². The van der Waals surface area contributed by atoms with Gasteiger partial charge in [0.05, 0.1) is 0 Å². The summed E-state index contributed by atoms with van der Waals surface area (Å²) in [5.74, 6) is 0. The first-order valence-electron chi connectivity index (χ1n) is 4.89. The normalized spacial score (nSPS) is 10.1. The lowest BCUT2D eigenvalue weighted by Gasteiger charge is -2.05. The van der Waals surface area contributed by atoms with Gasteiger partial charge in [0.15, 0.2) is 0 Å².